The Kier molecular flexibility index (Phi) is 5.17. The summed E-state index contributed by atoms with van der Waals surface area (Å²) < 4.78 is 21.5. The molecule has 5 rings (SSSR count). The third-order valence-electron chi connectivity index (χ3n) is 6.14. The minimum absolute atomic E-state index is 0.332. The maximum atomic E-state index is 13.9. The molecule has 4 aromatic rings. The van der Waals surface area contributed by atoms with Crippen molar-refractivity contribution in [2.45, 2.75) is 39.7 Å². The zero-order chi connectivity index (χ0) is 22.2. The molecule has 0 atom stereocenters. The number of hydrogen-bond donors (Lipinski definition) is 1. The average molecular weight is 432 g/mol. The zero-order valence-corrected chi connectivity index (χ0v) is 18.2. The molecule has 2 aromatic carbocycles. The van der Waals surface area contributed by atoms with Crippen LogP contribution in [0.5, 0.6) is 5.75 Å². The number of nitrogens with one attached hydrogen (secondary N) is 1. The maximum absolute atomic E-state index is 13.9. The number of carbonyl (C=O) groups excluding carboxylic acids is 1. The van der Waals surface area contributed by atoms with Gasteiger partial charge in [0.05, 0.1) is 23.4 Å². The number of aromatic nitrogens is 3. The Labute approximate surface area is 185 Å². The molecule has 1 aliphatic rings. The Morgan fingerprint density at radius 3 is 2.69 bits per heavy atom. The zero-order valence-electron chi connectivity index (χ0n) is 18.2. The van der Waals surface area contributed by atoms with Gasteiger partial charge in [-0.3, -0.25) is 0 Å². The fourth-order valence-corrected chi connectivity index (χ4v) is 4.44. The van der Waals surface area contributed by atoms with Gasteiger partial charge in [-0.05, 0) is 42.2 Å². The highest BCUT2D eigenvalue weighted by Crippen LogP contribution is 2.29. The molecule has 164 valence electrons. The van der Waals surface area contributed by atoms with Gasteiger partial charge in [-0.1, -0.05) is 32.0 Å². The molecule has 1 N–H and O–H groups in total. The monoisotopic (exact) mass is 432 g/mol. The number of carbonyl (C=O) groups is 1. The van der Waals surface area contributed by atoms with Crippen LogP contribution in [0.2, 0.25) is 0 Å². The summed E-state index contributed by atoms with van der Waals surface area (Å²) in [6.07, 6.45) is 5.74. The van der Waals surface area contributed by atoms with E-state index in [1.807, 2.05) is 10.9 Å². The number of hydrogen-bond acceptors (Lipinski definition) is 3. The highest BCUT2D eigenvalue weighted by molar-refractivity contribution is 5.88. The van der Waals surface area contributed by atoms with Crippen LogP contribution in [-0.2, 0) is 25.8 Å². The van der Waals surface area contributed by atoms with Crippen molar-refractivity contribution in [2.75, 3.05) is 6.54 Å². The van der Waals surface area contributed by atoms with Crippen molar-refractivity contribution in [3.05, 3.63) is 77.0 Å². The van der Waals surface area contributed by atoms with Crippen molar-refractivity contribution in [1.82, 2.24) is 19.7 Å². The number of ether oxygens (including phenoxy) is 1. The Morgan fingerprint density at radius 1 is 1.16 bits per heavy atom. The molecular formula is C25H25FN4O2. The lowest BCUT2D eigenvalue weighted by Gasteiger charge is -2.25. The first kappa shape index (κ1) is 20.3. The molecule has 0 spiro atoms. The number of fused-ring (bicyclic) bond motifs is 2. The van der Waals surface area contributed by atoms with E-state index in [1.165, 1.54) is 23.3 Å². The first-order valence-corrected chi connectivity index (χ1v) is 11.0. The second-order valence-electron chi connectivity index (χ2n) is 8.03. The number of para-hydroxylation sites is 1. The van der Waals surface area contributed by atoms with Crippen LogP contribution in [0.15, 0.2) is 48.8 Å². The van der Waals surface area contributed by atoms with Crippen LogP contribution in [-0.4, -0.2) is 32.3 Å². The van der Waals surface area contributed by atoms with E-state index in [2.05, 4.69) is 37.0 Å². The van der Waals surface area contributed by atoms with Crippen molar-refractivity contribution < 1.29 is 13.9 Å². The van der Waals surface area contributed by atoms with E-state index < -0.39 is 6.09 Å². The standard InChI is InChI=1S/C25H25FN4O2/c1-3-16-6-5-7-17(4-2)24(16)30-15-18-14-29(13-11-21(18)28-30)25(31)32-22-9-8-20(26)23-19(22)10-12-27-23/h5-10,12,15,27H,3-4,11,13-14H2,1-2H3. The molecule has 1 amide bonds. The molecule has 2 aromatic heterocycles. The van der Waals surface area contributed by atoms with Crippen LogP contribution in [0.4, 0.5) is 9.18 Å². The number of nitrogens with zero attached hydrogens (tertiary/aromatic N) is 3. The Morgan fingerprint density at radius 2 is 1.94 bits per heavy atom. The Hall–Kier alpha value is -3.61. The number of rotatable bonds is 4. The smallest absolute Gasteiger partial charge is 0.409 e. The normalized spacial score (nSPS) is 13.4. The summed E-state index contributed by atoms with van der Waals surface area (Å²) in [4.78, 5) is 17.4. The fraction of sp³-hybridized carbons (Fsp3) is 0.280. The minimum Gasteiger partial charge on any atom is -0.409 e. The SMILES string of the molecule is CCc1cccc(CC)c1-n1cc2c(n1)CCN(C(=O)Oc1ccc(F)c3[nH]ccc13)C2. The van der Waals surface area contributed by atoms with Gasteiger partial charge in [-0.15, -0.1) is 0 Å². The molecule has 3 heterocycles. The van der Waals surface area contributed by atoms with E-state index in [1.54, 1.807) is 17.2 Å². The third-order valence-corrected chi connectivity index (χ3v) is 6.14. The number of halogens is 1. The van der Waals surface area contributed by atoms with Gasteiger partial charge < -0.3 is 14.6 Å². The summed E-state index contributed by atoms with van der Waals surface area (Å²) >= 11 is 0. The van der Waals surface area contributed by atoms with Gasteiger partial charge in [-0.2, -0.15) is 5.10 Å². The predicted molar refractivity (Wildman–Crippen MR) is 121 cm³/mol. The van der Waals surface area contributed by atoms with E-state index in [-0.39, 0.29) is 5.82 Å². The van der Waals surface area contributed by atoms with E-state index >= 15 is 0 Å². The first-order valence-electron chi connectivity index (χ1n) is 11.0. The van der Waals surface area contributed by atoms with Crippen LogP contribution in [0.25, 0.3) is 16.6 Å². The van der Waals surface area contributed by atoms with Crippen LogP contribution in [0.3, 0.4) is 0 Å². The molecule has 32 heavy (non-hydrogen) atoms. The maximum Gasteiger partial charge on any atom is 0.415 e. The van der Waals surface area contributed by atoms with Crippen LogP contribution >= 0.6 is 0 Å². The van der Waals surface area contributed by atoms with Gasteiger partial charge in [0.15, 0.2) is 0 Å². The molecule has 0 radical (unpaired) electrons. The number of aromatic amines is 1. The summed E-state index contributed by atoms with van der Waals surface area (Å²) in [5.41, 5.74) is 6.02. The topological polar surface area (TPSA) is 63.1 Å². The minimum atomic E-state index is -0.444. The van der Waals surface area contributed by atoms with Gasteiger partial charge in [0.2, 0.25) is 0 Å². The largest absolute Gasteiger partial charge is 0.415 e. The van der Waals surface area contributed by atoms with Gasteiger partial charge in [0, 0.05) is 36.3 Å². The third kappa shape index (κ3) is 3.43. The first-order chi connectivity index (χ1) is 15.6. The average Bonchev–Trinajstić information content (AvgIpc) is 3.47. The van der Waals surface area contributed by atoms with Gasteiger partial charge in [0.25, 0.3) is 0 Å². The fourth-order valence-electron chi connectivity index (χ4n) is 4.44. The second kappa shape index (κ2) is 8.15. The molecule has 0 unspecified atom stereocenters. The van der Waals surface area contributed by atoms with Gasteiger partial charge in [0.1, 0.15) is 11.6 Å². The van der Waals surface area contributed by atoms with E-state index in [0.29, 0.717) is 36.2 Å². The van der Waals surface area contributed by atoms with Crippen molar-refractivity contribution >= 4 is 17.0 Å². The number of amides is 1. The lowest BCUT2D eigenvalue weighted by molar-refractivity contribution is 0.147. The molecule has 0 saturated carbocycles. The molecule has 0 aliphatic carbocycles. The lowest BCUT2D eigenvalue weighted by atomic mass is 10.0. The number of aryl methyl sites for hydroxylation is 2. The summed E-state index contributed by atoms with van der Waals surface area (Å²) in [5.74, 6) is -0.0303. The van der Waals surface area contributed by atoms with Crippen LogP contribution < -0.4 is 4.74 Å². The second-order valence-corrected chi connectivity index (χ2v) is 8.03. The van der Waals surface area contributed by atoms with Crippen LogP contribution in [0.1, 0.15) is 36.2 Å². The van der Waals surface area contributed by atoms with Crippen molar-refractivity contribution in [1.29, 1.82) is 0 Å². The molecule has 0 saturated heterocycles. The summed E-state index contributed by atoms with van der Waals surface area (Å²) in [6.45, 7) is 5.25. The predicted octanol–water partition coefficient (Wildman–Crippen LogP) is 5.17. The van der Waals surface area contributed by atoms with Crippen molar-refractivity contribution in [3.63, 3.8) is 0 Å². The summed E-state index contributed by atoms with van der Waals surface area (Å²) in [7, 11) is 0. The van der Waals surface area contributed by atoms with Gasteiger partial charge >= 0.3 is 6.09 Å². The lowest BCUT2D eigenvalue weighted by Crippen LogP contribution is -2.37. The Balaban J connectivity index is 1.39. The van der Waals surface area contributed by atoms with E-state index in [9.17, 15) is 9.18 Å². The van der Waals surface area contributed by atoms with Crippen LogP contribution in [0, 0.1) is 5.82 Å². The molecular weight excluding hydrogens is 407 g/mol. The van der Waals surface area contributed by atoms with E-state index in [0.717, 1.165) is 29.8 Å². The molecule has 0 bridgehead atoms. The van der Waals surface area contributed by atoms with E-state index in [4.69, 9.17) is 9.84 Å². The number of H-pyrrole nitrogens is 1. The number of benzene rings is 2. The summed E-state index contributed by atoms with van der Waals surface area (Å²) in [5, 5.41) is 5.40. The quantitative estimate of drug-likeness (QED) is 0.484. The molecule has 0 fully saturated rings. The Bertz CT molecular complexity index is 1280. The highest BCUT2D eigenvalue weighted by atomic mass is 19.1. The van der Waals surface area contributed by atoms with Crippen molar-refractivity contribution in [3.8, 4) is 11.4 Å². The molecule has 7 heteroatoms. The molecule has 6 nitrogen and oxygen atoms in total. The van der Waals surface area contributed by atoms with Gasteiger partial charge in [-0.25, -0.2) is 13.9 Å². The highest BCUT2D eigenvalue weighted by Gasteiger charge is 2.26. The summed E-state index contributed by atoms with van der Waals surface area (Å²) in [6, 6.07) is 10.9. The molecule has 1 aliphatic heterocycles. The van der Waals surface area contributed by atoms with Crippen molar-refractivity contribution in [2.24, 2.45) is 0 Å².